The lowest BCUT2D eigenvalue weighted by atomic mass is 10.1. The van der Waals surface area contributed by atoms with Crippen LogP contribution in [0.5, 0.6) is 5.75 Å². The molecule has 4 rings (SSSR count). The Morgan fingerprint density at radius 1 is 1.00 bits per heavy atom. The second-order valence-electron chi connectivity index (χ2n) is 5.71. The van der Waals surface area contributed by atoms with Crippen molar-refractivity contribution in [3.05, 3.63) is 66.5 Å². The number of anilines is 1. The number of hydrogen-bond donors (Lipinski definition) is 2. The van der Waals surface area contributed by atoms with Crippen molar-refractivity contribution in [2.75, 3.05) is 11.9 Å². The van der Waals surface area contributed by atoms with Crippen molar-refractivity contribution in [1.82, 2.24) is 9.97 Å². The van der Waals surface area contributed by atoms with Gasteiger partial charge in [-0.25, -0.2) is 4.98 Å². The summed E-state index contributed by atoms with van der Waals surface area (Å²) in [6.45, 7) is 0.674. The molecule has 4 nitrogen and oxygen atoms in total. The molecule has 0 atom stereocenters. The fourth-order valence-corrected chi connectivity index (χ4v) is 2.95. The zero-order valence-corrected chi connectivity index (χ0v) is 12.8. The highest BCUT2D eigenvalue weighted by atomic mass is 16.3. The first-order valence-electron chi connectivity index (χ1n) is 7.58. The van der Waals surface area contributed by atoms with E-state index >= 15 is 0 Å². The molecule has 4 aromatic rings. The first-order chi connectivity index (χ1) is 11.2. The minimum atomic E-state index is 0.278. The number of aromatic hydroxyl groups is 1. The van der Waals surface area contributed by atoms with E-state index in [4.69, 9.17) is 4.98 Å². The lowest BCUT2D eigenvalue weighted by Crippen LogP contribution is -2.16. The van der Waals surface area contributed by atoms with Gasteiger partial charge >= 0.3 is 0 Å². The van der Waals surface area contributed by atoms with E-state index in [1.54, 1.807) is 6.07 Å². The summed E-state index contributed by atoms with van der Waals surface area (Å²) in [4.78, 5) is 10.2. The summed E-state index contributed by atoms with van der Waals surface area (Å²) >= 11 is 0. The van der Waals surface area contributed by atoms with Gasteiger partial charge in [-0.1, -0.05) is 42.5 Å². The van der Waals surface area contributed by atoms with Gasteiger partial charge in [0, 0.05) is 29.6 Å². The van der Waals surface area contributed by atoms with Gasteiger partial charge in [0.1, 0.15) is 11.6 Å². The second-order valence-corrected chi connectivity index (χ2v) is 5.71. The fraction of sp³-hybridized carbons (Fsp3) is 0.105. The van der Waals surface area contributed by atoms with Crippen molar-refractivity contribution in [2.24, 2.45) is 0 Å². The topological polar surface area (TPSA) is 52.1 Å². The highest BCUT2D eigenvalue weighted by molar-refractivity contribution is 6.07. The quantitative estimate of drug-likeness (QED) is 0.600. The number of benzene rings is 3. The SMILES string of the molecule is CN(Cc1nc2c(cc(O)c3ccccc32)[nH]1)c1ccccc1. The van der Waals surface area contributed by atoms with Gasteiger partial charge in [-0.3, -0.25) is 0 Å². The standard InChI is InChI=1S/C19H17N3O/c1-22(13-7-3-2-4-8-13)12-18-20-16-11-17(23)14-9-5-6-10-15(14)19(16)21-18/h2-11,23H,12H2,1H3,(H,20,21). The molecule has 4 heteroatoms. The lowest BCUT2D eigenvalue weighted by molar-refractivity contribution is 0.482. The highest BCUT2D eigenvalue weighted by Crippen LogP contribution is 2.31. The van der Waals surface area contributed by atoms with Crippen molar-refractivity contribution in [3.63, 3.8) is 0 Å². The zero-order valence-electron chi connectivity index (χ0n) is 12.8. The number of H-pyrrole nitrogens is 1. The molecule has 0 aliphatic heterocycles. The third-order valence-corrected chi connectivity index (χ3v) is 4.10. The van der Waals surface area contributed by atoms with E-state index in [1.807, 2.05) is 49.5 Å². The molecule has 0 amide bonds. The molecule has 0 aliphatic carbocycles. The first kappa shape index (κ1) is 13.6. The Labute approximate surface area is 134 Å². The summed E-state index contributed by atoms with van der Waals surface area (Å²) in [5.74, 6) is 1.15. The normalized spacial score (nSPS) is 11.2. The summed E-state index contributed by atoms with van der Waals surface area (Å²) in [6.07, 6.45) is 0. The number of phenols is 1. The summed E-state index contributed by atoms with van der Waals surface area (Å²) in [6, 6.07) is 19.7. The van der Waals surface area contributed by atoms with Gasteiger partial charge in [0.25, 0.3) is 0 Å². The zero-order chi connectivity index (χ0) is 15.8. The third-order valence-electron chi connectivity index (χ3n) is 4.10. The number of nitrogens with one attached hydrogen (secondary N) is 1. The summed E-state index contributed by atoms with van der Waals surface area (Å²) < 4.78 is 0. The fourth-order valence-electron chi connectivity index (χ4n) is 2.95. The Hall–Kier alpha value is -3.01. The van der Waals surface area contributed by atoms with Crippen LogP contribution in [-0.2, 0) is 6.54 Å². The van der Waals surface area contributed by atoms with E-state index in [0.29, 0.717) is 6.54 Å². The number of rotatable bonds is 3. The molecule has 0 aliphatic rings. The van der Waals surface area contributed by atoms with Crippen LogP contribution >= 0.6 is 0 Å². The Kier molecular flexibility index (Phi) is 3.15. The molecule has 1 heterocycles. The molecule has 3 aromatic carbocycles. The van der Waals surface area contributed by atoms with E-state index in [0.717, 1.165) is 33.3 Å². The number of para-hydroxylation sites is 1. The first-order valence-corrected chi connectivity index (χ1v) is 7.58. The molecule has 114 valence electrons. The molecule has 0 unspecified atom stereocenters. The second kappa shape index (κ2) is 5.32. The number of hydrogen-bond acceptors (Lipinski definition) is 3. The van der Waals surface area contributed by atoms with Crippen molar-refractivity contribution < 1.29 is 5.11 Å². The number of imidazole rings is 1. The van der Waals surface area contributed by atoms with Crippen LogP contribution in [0.2, 0.25) is 0 Å². The number of aromatic nitrogens is 2. The average Bonchev–Trinajstić information content (AvgIpc) is 2.98. The Bertz CT molecular complexity index is 976. The Morgan fingerprint density at radius 3 is 2.48 bits per heavy atom. The molecule has 1 aromatic heterocycles. The predicted molar refractivity (Wildman–Crippen MR) is 93.8 cm³/mol. The number of phenolic OH excluding ortho intramolecular Hbond substituents is 1. The number of fused-ring (bicyclic) bond motifs is 3. The van der Waals surface area contributed by atoms with Gasteiger partial charge in [-0.05, 0) is 12.1 Å². The molecule has 0 spiro atoms. The largest absolute Gasteiger partial charge is 0.507 e. The van der Waals surface area contributed by atoms with Crippen molar-refractivity contribution >= 4 is 27.5 Å². The number of aromatic amines is 1. The molecule has 0 radical (unpaired) electrons. The van der Waals surface area contributed by atoms with Gasteiger partial charge in [0.2, 0.25) is 0 Å². The Balaban J connectivity index is 1.76. The van der Waals surface area contributed by atoms with Gasteiger partial charge in [0.15, 0.2) is 0 Å². The maximum atomic E-state index is 10.2. The van der Waals surface area contributed by atoms with Gasteiger partial charge in [-0.2, -0.15) is 0 Å². The average molecular weight is 303 g/mol. The predicted octanol–water partition coefficient (Wildman–Crippen LogP) is 4.06. The van der Waals surface area contributed by atoms with Crippen LogP contribution in [0.3, 0.4) is 0 Å². The molecule has 0 saturated heterocycles. The molecular weight excluding hydrogens is 286 g/mol. The van der Waals surface area contributed by atoms with Crippen LogP contribution in [0.25, 0.3) is 21.8 Å². The van der Waals surface area contributed by atoms with Crippen LogP contribution in [0, 0.1) is 0 Å². The van der Waals surface area contributed by atoms with Gasteiger partial charge in [0.05, 0.1) is 17.6 Å². The molecule has 0 fully saturated rings. The maximum Gasteiger partial charge on any atom is 0.126 e. The smallest absolute Gasteiger partial charge is 0.126 e. The van der Waals surface area contributed by atoms with Gasteiger partial charge < -0.3 is 15.0 Å². The van der Waals surface area contributed by atoms with E-state index < -0.39 is 0 Å². The lowest BCUT2D eigenvalue weighted by Gasteiger charge is -2.17. The van der Waals surface area contributed by atoms with E-state index in [9.17, 15) is 5.11 Å². The summed E-state index contributed by atoms with van der Waals surface area (Å²) in [5.41, 5.74) is 2.90. The summed E-state index contributed by atoms with van der Waals surface area (Å²) in [7, 11) is 2.04. The minimum absolute atomic E-state index is 0.278. The van der Waals surface area contributed by atoms with E-state index in [1.165, 1.54) is 0 Å². The van der Waals surface area contributed by atoms with Crippen molar-refractivity contribution in [2.45, 2.75) is 6.54 Å². The molecule has 23 heavy (non-hydrogen) atoms. The molecular formula is C19H17N3O. The van der Waals surface area contributed by atoms with Crippen LogP contribution in [0.15, 0.2) is 60.7 Å². The monoisotopic (exact) mass is 303 g/mol. The van der Waals surface area contributed by atoms with Crippen LogP contribution in [0.4, 0.5) is 5.69 Å². The summed E-state index contributed by atoms with van der Waals surface area (Å²) in [5, 5.41) is 12.0. The molecule has 0 saturated carbocycles. The molecule has 2 N–H and O–H groups in total. The van der Waals surface area contributed by atoms with Crippen LogP contribution < -0.4 is 4.90 Å². The molecule has 0 bridgehead atoms. The highest BCUT2D eigenvalue weighted by Gasteiger charge is 2.11. The van der Waals surface area contributed by atoms with Crippen LogP contribution in [-0.4, -0.2) is 22.1 Å². The third kappa shape index (κ3) is 2.38. The van der Waals surface area contributed by atoms with Gasteiger partial charge in [-0.15, -0.1) is 0 Å². The Morgan fingerprint density at radius 2 is 1.70 bits per heavy atom. The maximum absolute atomic E-state index is 10.2. The number of nitrogens with zero attached hydrogens (tertiary/aromatic N) is 2. The minimum Gasteiger partial charge on any atom is -0.507 e. The van der Waals surface area contributed by atoms with E-state index in [-0.39, 0.29) is 5.75 Å². The van der Waals surface area contributed by atoms with Crippen molar-refractivity contribution in [3.8, 4) is 5.75 Å². The van der Waals surface area contributed by atoms with Crippen LogP contribution in [0.1, 0.15) is 5.82 Å². The van der Waals surface area contributed by atoms with Crippen molar-refractivity contribution in [1.29, 1.82) is 0 Å². The van der Waals surface area contributed by atoms with E-state index in [2.05, 4.69) is 22.0 Å².